The molecule has 1 heterocycles. The van der Waals surface area contributed by atoms with Crippen LogP contribution in [-0.2, 0) is 13.6 Å². The van der Waals surface area contributed by atoms with Crippen LogP contribution < -0.4 is 9.47 Å². The molecule has 1 fully saturated rings. The molecule has 6 nitrogen and oxygen atoms in total. The maximum atomic E-state index is 13.2. The smallest absolute Gasteiger partial charge is 0.368 e. The van der Waals surface area contributed by atoms with Crippen molar-refractivity contribution in [1.82, 2.24) is 0 Å². The number of hydrogen-bond acceptors (Lipinski definition) is 6. The normalized spacial score (nSPS) is 20.1. The van der Waals surface area contributed by atoms with Gasteiger partial charge in [0.25, 0.3) is 0 Å². The molecule has 35 heavy (non-hydrogen) atoms. The fourth-order valence-electron chi connectivity index (χ4n) is 3.63. The molecule has 2 atom stereocenters. The van der Waals surface area contributed by atoms with Crippen LogP contribution in [0.15, 0.2) is 54.6 Å². The third-order valence-electron chi connectivity index (χ3n) is 5.38. The Labute approximate surface area is 219 Å². The van der Waals surface area contributed by atoms with Crippen LogP contribution in [0.2, 0.25) is 15.1 Å². The molecule has 0 spiro atoms. The van der Waals surface area contributed by atoms with E-state index >= 15 is 0 Å². The molecule has 0 bridgehead atoms. The Bertz CT molecular complexity index is 1240. The molecule has 0 amide bonds. The largest absolute Gasteiger partial charge is 0.508 e. The predicted octanol–water partition coefficient (Wildman–Crippen LogP) is 8.98. The second kappa shape index (κ2) is 11.0. The third kappa shape index (κ3) is 6.45. The number of ether oxygens (including phenoxy) is 2. The minimum Gasteiger partial charge on any atom is -0.508 e. The standard InChI is InChI=1S/C25H24Cl3O6P/c1-15(2)20-11-18(6-7-23(20)29)33-25-21(27)12-19(13-22(25)28)31-14-35(30)32-9-8-24(34-35)16-4-3-5-17(26)10-16/h3-7,10-13,15,24,29H,8-9,14H2,1-2H3/t24-,35+/m0/s1. The summed E-state index contributed by atoms with van der Waals surface area (Å²) in [5, 5.41) is 11.0. The summed E-state index contributed by atoms with van der Waals surface area (Å²) in [4.78, 5) is 0. The zero-order valence-corrected chi connectivity index (χ0v) is 22.2. The maximum absolute atomic E-state index is 13.2. The first-order valence-corrected chi connectivity index (χ1v) is 13.8. The first-order valence-electron chi connectivity index (χ1n) is 10.9. The first kappa shape index (κ1) is 26.2. The minimum atomic E-state index is -3.54. The van der Waals surface area contributed by atoms with Gasteiger partial charge in [-0.3, -0.25) is 9.09 Å². The monoisotopic (exact) mass is 556 g/mol. The quantitative estimate of drug-likeness (QED) is 0.292. The Kier molecular flexibility index (Phi) is 8.22. The predicted molar refractivity (Wildman–Crippen MR) is 138 cm³/mol. The molecule has 3 aromatic rings. The van der Waals surface area contributed by atoms with Crippen LogP contribution in [0.25, 0.3) is 0 Å². The van der Waals surface area contributed by atoms with Crippen molar-refractivity contribution in [1.29, 1.82) is 0 Å². The van der Waals surface area contributed by atoms with Gasteiger partial charge in [-0.1, -0.05) is 60.8 Å². The molecule has 1 aliphatic rings. The van der Waals surface area contributed by atoms with Gasteiger partial charge in [-0.05, 0) is 41.8 Å². The van der Waals surface area contributed by atoms with Crippen LogP contribution in [-0.4, -0.2) is 18.1 Å². The molecule has 10 heteroatoms. The van der Waals surface area contributed by atoms with E-state index in [0.717, 1.165) is 11.1 Å². The van der Waals surface area contributed by atoms with E-state index in [4.69, 9.17) is 53.3 Å². The molecule has 0 saturated carbocycles. The SMILES string of the molecule is CC(C)c1cc(Oc2c(Cl)cc(OC[P@@]3(=O)OCC[C@@H](c4cccc(Cl)c4)O3)cc2Cl)ccc1O. The van der Waals surface area contributed by atoms with Crippen LogP contribution in [0.4, 0.5) is 0 Å². The average Bonchev–Trinajstić information content (AvgIpc) is 2.81. The lowest BCUT2D eigenvalue weighted by Gasteiger charge is -2.30. The Hall–Kier alpha value is -1.92. The van der Waals surface area contributed by atoms with Crippen LogP contribution in [0, 0.1) is 0 Å². The Balaban J connectivity index is 1.45. The average molecular weight is 558 g/mol. The summed E-state index contributed by atoms with van der Waals surface area (Å²) >= 11 is 18.9. The molecule has 0 aromatic heterocycles. The Morgan fingerprint density at radius 2 is 1.80 bits per heavy atom. The highest BCUT2D eigenvalue weighted by Gasteiger charge is 2.35. The fraction of sp³-hybridized carbons (Fsp3) is 0.280. The molecule has 0 unspecified atom stereocenters. The second-order valence-electron chi connectivity index (χ2n) is 8.35. The summed E-state index contributed by atoms with van der Waals surface area (Å²) in [6.07, 6.45) is -0.183. The van der Waals surface area contributed by atoms with Gasteiger partial charge < -0.3 is 19.1 Å². The number of hydrogen-bond donors (Lipinski definition) is 1. The fourth-order valence-corrected chi connectivity index (χ4v) is 5.87. The molecular weight excluding hydrogens is 534 g/mol. The van der Waals surface area contributed by atoms with Gasteiger partial charge in [-0.15, -0.1) is 0 Å². The second-order valence-corrected chi connectivity index (χ2v) is 11.5. The molecule has 1 saturated heterocycles. The summed E-state index contributed by atoms with van der Waals surface area (Å²) in [7, 11) is -3.54. The van der Waals surface area contributed by atoms with Crippen LogP contribution in [0.1, 0.15) is 43.4 Å². The third-order valence-corrected chi connectivity index (χ3v) is 7.77. The molecule has 3 aromatic carbocycles. The summed E-state index contributed by atoms with van der Waals surface area (Å²) in [6.45, 7) is 4.19. The van der Waals surface area contributed by atoms with E-state index < -0.39 is 13.7 Å². The van der Waals surface area contributed by atoms with Gasteiger partial charge in [0.2, 0.25) is 0 Å². The molecule has 1 N–H and O–H groups in total. The molecule has 4 rings (SSSR count). The van der Waals surface area contributed by atoms with Crippen LogP contribution >= 0.6 is 42.4 Å². The van der Waals surface area contributed by atoms with Crippen molar-refractivity contribution in [3.05, 3.63) is 80.8 Å². The highest BCUT2D eigenvalue weighted by molar-refractivity contribution is 7.53. The summed E-state index contributed by atoms with van der Waals surface area (Å²) in [5.74, 6) is 1.29. The van der Waals surface area contributed by atoms with Crippen molar-refractivity contribution < 1.29 is 28.2 Å². The van der Waals surface area contributed by atoms with Gasteiger partial charge in [0.05, 0.1) is 22.8 Å². The number of rotatable bonds is 7. The van der Waals surface area contributed by atoms with Gasteiger partial charge in [-0.25, -0.2) is 0 Å². The summed E-state index contributed by atoms with van der Waals surface area (Å²) in [5.41, 5.74) is 1.56. The minimum absolute atomic E-state index is 0.103. The van der Waals surface area contributed by atoms with Crippen LogP contribution in [0.3, 0.4) is 0 Å². The van der Waals surface area contributed by atoms with Gasteiger partial charge in [0.15, 0.2) is 12.1 Å². The van der Waals surface area contributed by atoms with Crippen molar-refractivity contribution in [2.75, 3.05) is 13.0 Å². The van der Waals surface area contributed by atoms with Crippen molar-refractivity contribution in [3.8, 4) is 23.0 Å². The van der Waals surface area contributed by atoms with E-state index in [1.807, 2.05) is 26.0 Å². The van der Waals surface area contributed by atoms with Gasteiger partial charge >= 0.3 is 7.60 Å². The Morgan fingerprint density at radius 3 is 2.49 bits per heavy atom. The molecule has 186 valence electrons. The number of phenols is 1. The number of aromatic hydroxyl groups is 1. The van der Waals surface area contributed by atoms with E-state index in [2.05, 4.69) is 0 Å². The van der Waals surface area contributed by atoms with E-state index in [1.165, 1.54) is 12.1 Å². The highest BCUT2D eigenvalue weighted by atomic mass is 35.5. The number of phenolic OH excluding ortho intramolecular Hbond substituents is 1. The molecule has 0 radical (unpaired) electrons. The van der Waals surface area contributed by atoms with E-state index in [-0.39, 0.29) is 46.2 Å². The van der Waals surface area contributed by atoms with E-state index in [9.17, 15) is 9.67 Å². The van der Waals surface area contributed by atoms with Crippen LogP contribution in [0.5, 0.6) is 23.0 Å². The van der Waals surface area contributed by atoms with Gasteiger partial charge in [0.1, 0.15) is 17.2 Å². The first-order chi connectivity index (χ1) is 16.6. The zero-order chi connectivity index (χ0) is 25.2. The lowest BCUT2D eigenvalue weighted by molar-refractivity contribution is 0.0725. The topological polar surface area (TPSA) is 74.2 Å². The maximum Gasteiger partial charge on any atom is 0.368 e. The molecule has 1 aliphatic heterocycles. The Morgan fingerprint density at radius 1 is 1.06 bits per heavy atom. The molecular formula is C25H24Cl3O6P. The van der Waals surface area contributed by atoms with Crippen molar-refractivity contribution in [3.63, 3.8) is 0 Å². The van der Waals surface area contributed by atoms with Gasteiger partial charge in [-0.2, -0.15) is 0 Å². The van der Waals surface area contributed by atoms with Crippen molar-refractivity contribution in [2.45, 2.75) is 32.3 Å². The number of benzene rings is 3. The summed E-state index contributed by atoms with van der Waals surface area (Å²) < 4.78 is 35.9. The van der Waals surface area contributed by atoms with Gasteiger partial charge in [0, 0.05) is 29.1 Å². The van der Waals surface area contributed by atoms with E-state index in [0.29, 0.717) is 17.2 Å². The van der Waals surface area contributed by atoms with E-state index in [1.54, 1.807) is 30.3 Å². The lowest BCUT2D eigenvalue weighted by atomic mass is 10.0. The number of halogens is 3. The highest BCUT2D eigenvalue weighted by Crippen LogP contribution is 2.56. The zero-order valence-electron chi connectivity index (χ0n) is 19.0. The molecule has 0 aliphatic carbocycles. The summed E-state index contributed by atoms with van der Waals surface area (Å²) in [6, 6.07) is 15.2. The van der Waals surface area contributed by atoms with Crippen molar-refractivity contribution >= 4 is 42.4 Å². The lowest BCUT2D eigenvalue weighted by Crippen LogP contribution is -2.17. The van der Waals surface area contributed by atoms with Crippen molar-refractivity contribution in [2.24, 2.45) is 0 Å².